The van der Waals surface area contributed by atoms with Crippen molar-refractivity contribution in [1.29, 1.82) is 0 Å². The first-order valence-electron chi connectivity index (χ1n) is 6.26. The van der Waals surface area contributed by atoms with Crippen molar-refractivity contribution in [3.05, 3.63) is 34.4 Å². The van der Waals surface area contributed by atoms with Gasteiger partial charge in [0.25, 0.3) is 0 Å². The molecule has 0 unspecified atom stereocenters. The second kappa shape index (κ2) is 4.37. The van der Waals surface area contributed by atoms with Crippen LogP contribution >= 0.6 is 0 Å². The Labute approximate surface area is 105 Å². The molecule has 0 saturated heterocycles. The number of hydrogen-bond donors (Lipinski definition) is 0. The maximum atomic E-state index is 10.8. The molecule has 0 fully saturated rings. The van der Waals surface area contributed by atoms with Crippen LogP contribution in [-0.2, 0) is 24.2 Å². The zero-order valence-corrected chi connectivity index (χ0v) is 10.1. The van der Waals surface area contributed by atoms with Crippen molar-refractivity contribution in [2.24, 2.45) is 5.18 Å². The van der Waals surface area contributed by atoms with Gasteiger partial charge in [-0.15, -0.1) is 4.91 Å². The molecule has 0 atom stereocenters. The summed E-state index contributed by atoms with van der Waals surface area (Å²) < 4.78 is 2.07. The number of nitrogens with zero attached hydrogens (tertiary/aromatic N) is 2. The standard InChI is InChI=1S/C14H14N2O2/c17-8-7-16-13-4-2-1-3-11(13)12-9-10(15-18)5-6-14(12)16/h5-6,8-9H,1-4,7H2. The van der Waals surface area contributed by atoms with E-state index >= 15 is 0 Å². The maximum Gasteiger partial charge on any atom is 0.139 e. The lowest BCUT2D eigenvalue weighted by atomic mass is 9.95. The van der Waals surface area contributed by atoms with Crippen LogP contribution in [0.3, 0.4) is 0 Å². The van der Waals surface area contributed by atoms with Crippen molar-refractivity contribution >= 4 is 22.9 Å². The molecule has 4 nitrogen and oxygen atoms in total. The van der Waals surface area contributed by atoms with Gasteiger partial charge in [-0.05, 0) is 54.6 Å². The van der Waals surface area contributed by atoms with E-state index in [0.717, 1.165) is 30.0 Å². The number of aromatic nitrogens is 1. The number of carbonyl (C=O) groups excluding carboxylic acids is 1. The molecule has 0 bridgehead atoms. The van der Waals surface area contributed by atoms with E-state index < -0.39 is 0 Å². The summed E-state index contributed by atoms with van der Waals surface area (Å²) in [5.41, 5.74) is 4.05. The Balaban J connectivity index is 2.31. The van der Waals surface area contributed by atoms with E-state index in [-0.39, 0.29) is 0 Å². The Morgan fingerprint density at radius 3 is 2.89 bits per heavy atom. The molecule has 0 spiro atoms. The summed E-state index contributed by atoms with van der Waals surface area (Å²) in [5, 5.41) is 4.08. The van der Waals surface area contributed by atoms with E-state index in [1.807, 2.05) is 12.1 Å². The fourth-order valence-corrected chi connectivity index (χ4v) is 2.96. The third-order valence-corrected chi connectivity index (χ3v) is 3.72. The van der Waals surface area contributed by atoms with Crippen LogP contribution < -0.4 is 0 Å². The minimum absolute atomic E-state index is 0.389. The number of aryl methyl sites for hydroxylation is 1. The first-order valence-corrected chi connectivity index (χ1v) is 6.26. The van der Waals surface area contributed by atoms with Gasteiger partial charge in [0, 0.05) is 16.6 Å². The molecule has 1 heterocycles. The van der Waals surface area contributed by atoms with Crippen molar-refractivity contribution in [2.45, 2.75) is 32.2 Å². The molecule has 0 saturated carbocycles. The van der Waals surface area contributed by atoms with Gasteiger partial charge in [0.15, 0.2) is 0 Å². The normalized spacial score (nSPS) is 14.4. The second-order valence-electron chi connectivity index (χ2n) is 4.70. The van der Waals surface area contributed by atoms with Crippen molar-refractivity contribution in [1.82, 2.24) is 4.57 Å². The smallest absolute Gasteiger partial charge is 0.139 e. The Morgan fingerprint density at radius 1 is 1.28 bits per heavy atom. The first kappa shape index (κ1) is 11.1. The first-order chi connectivity index (χ1) is 8.85. The molecule has 4 heteroatoms. The molecule has 1 aliphatic carbocycles. The van der Waals surface area contributed by atoms with Crippen molar-refractivity contribution in [3.63, 3.8) is 0 Å². The van der Waals surface area contributed by atoms with Crippen LogP contribution in [0.2, 0.25) is 0 Å². The van der Waals surface area contributed by atoms with Crippen molar-refractivity contribution in [2.75, 3.05) is 0 Å². The van der Waals surface area contributed by atoms with Crippen LogP contribution in [0.25, 0.3) is 10.9 Å². The van der Waals surface area contributed by atoms with Gasteiger partial charge < -0.3 is 9.36 Å². The fraction of sp³-hybridized carbons (Fsp3) is 0.357. The number of fused-ring (bicyclic) bond motifs is 3. The average Bonchev–Trinajstić information content (AvgIpc) is 2.74. The molecular weight excluding hydrogens is 228 g/mol. The molecule has 0 amide bonds. The molecule has 0 N–H and O–H groups in total. The number of aldehydes is 1. The van der Waals surface area contributed by atoms with Crippen LogP contribution in [0, 0.1) is 4.91 Å². The lowest BCUT2D eigenvalue weighted by Gasteiger charge is -2.14. The van der Waals surface area contributed by atoms with Crippen molar-refractivity contribution in [3.8, 4) is 0 Å². The molecule has 1 aliphatic rings. The minimum Gasteiger partial charge on any atom is -0.337 e. The van der Waals surface area contributed by atoms with E-state index in [2.05, 4.69) is 9.74 Å². The fourth-order valence-electron chi connectivity index (χ4n) is 2.96. The Bertz CT molecular complexity index is 628. The molecule has 1 aromatic carbocycles. The van der Waals surface area contributed by atoms with Gasteiger partial charge in [-0.2, -0.15) is 0 Å². The van der Waals surface area contributed by atoms with Crippen LogP contribution in [-0.4, -0.2) is 10.9 Å². The molecular formula is C14H14N2O2. The Morgan fingerprint density at radius 2 is 2.11 bits per heavy atom. The highest BCUT2D eigenvalue weighted by Gasteiger charge is 2.19. The molecule has 18 heavy (non-hydrogen) atoms. The average molecular weight is 242 g/mol. The van der Waals surface area contributed by atoms with E-state index in [1.165, 1.54) is 24.1 Å². The summed E-state index contributed by atoms with van der Waals surface area (Å²) in [6.45, 7) is 0.389. The van der Waals surface area contributed by atoms with E-state index in [1.54, 1.807) is 6.07 Å². The number of nitroso groups, excluding NO2 is 1. The SMILES string of the molecule is O=CCn1c2c(c3cc(N=O)ccc31)CCCC2. The van der Waals surface area contributed by atoms with Crippen LogP contribution in [0.15, 0.2) is 23.4 Å². The quantitative estimate of drug-likeness (QED) is 0.613. The third kappa shape index (κ3) is 1.56. The van der Waals surface area contributed by atoms with Crippen LogP contribution in [0.1, 0.15) is 24.1 Å². The van der Waals surface area contributed by atoms with Gasteiger partial charge in [-0.1, -0.05) is 0 Å². The van der Waals surface area contributed by atoms with E-state index in [9.17, 15) is 9.70 Å². The van der Waals surface area contributed by atoms with Gasteiger partial charge in [-0.25, -0.2) is 0 Å². The van der Waals surface area contributed by atoms with Crippen LogP contribution in [0.5, 0.6) is 0 Å². The zero-order chi connectivity index (χ0) is 12.5. The Kier molecular flexibility index (Phi) is 2.70. The zero-order valence-electron chi connectivity index (χ0n) is 10.1. The monoisotopic (exact) mass is 242 g/mol. The Hall–Kier alpha value is -1.97. The molecule has 0 aliphatic heterocycles. The maximum absolute atomic E-state index is 10.8. The van der Waals surface area contributed by atoms with Gasteiger partial charge in [0.1, 0.15) is 12.0 Å². The van der Waals surface area contributed by atoms with E-state index in [0.29, 0.717) is 12.2 Å². The van der Waals surface area contributed by atoms with E-state index in [4.69, 9.17) is 0 Å². The molecule has 0 radical (unpaired) electrons. The number of rotatable bonds is 3. The summed E-state index contributed by atoms with van der Waals surface area (Å²) in [6.07, 6.45) is 5.31. The topological polar surface area (TPSA) is 51.4 Å². The highest BCUT2D eigenvalue weighted by Crippen LogP contribution is 2.34. The van der Waals surface area contributed by atoms with Gasteiger partial charge >= 0.3 is 0 Å². The van der Waals surface area contributed by atoms with Gasteiger partial charge in [0.05, 0.1) is 6.54 Å². The lowest BCUT2D eigenvalue weighted by Crippen LogP contribution is -2.08. The second-order valence-corrected chi connectivity index (χ2v) is 4.70. The number of carbonyl (C=O) groups is 1. The van der Waals surface area contributed by atoms with Crippen LogP contribution in [0.4, 0.5) is 5.69 Å². The summed E-state index contributed by atoms with van der Waals surface area (Å²) in [4.78, 5) is 21.5. The predicted molar refractivity (Wildman–Crippen MR) is 70.1 cm³/mol. The largest absolute Gasteiger partial charge is 0.337 e. The molecule has 1 aromatic heterocycles. The molecule has 3 rings (SSSR count). The predicted octanol–water partition coefficient (Wildman–Crippen LogP) is 3.12. The highest BCUT2D eigenvalue weighted by molar-refractivity contribution is 5.89. The number of hydrogen-bond acceptors (Lipinski definition) is 3. The van der Waals surface area contributed by atoms with Gasteiger partial charge in [0.2, 0.25) is 0 Å². The minimum atomic E-state index is 0.389. The molecule has 2 aromatic rings. The summed E-state index contributed by atoms with van der Waals surface area (Å²) in [6, 6.07) is 5.45. The summed E-state index contributed by atoms with van der Waals surface area (Å²) in [5.74, 6) is 0. The van der Waals surface area contributed by atoms with Crippen molar-refractivity contribution < 1.29 is 4.79 Å². The summed E-state index contributed by atoms with van der Waals surface area (Å²) >= 11 is 0. The third-order valence-electron chi connectivity index (χ3n) is 3.72. The summed E-state index contributed by atoms with van der Waals surface area (Å²) in [7, 11) is 0. The highest BCUT2D eigenvalue weighted by atomic mass is 16.3. The van der Waals surface area contributed by atoms with Gasteiger partial charge in [-0.3, -0.25) is 0 Å². The number of benzene rings is 1. The lowest BCUT2D eigenvalue weighted by molar-refractivity contribution is -0.108. The molecule has 92 valence electrons.